The highest BCUT2D eigenvalue weighted by atomic mass is 35.5. The van der Waals surface area contributed by atoms with Gasteiger partial charge in [0, 0.05) is 24.0 Å². The fraction of sp³-hybridized carbons (Fsp3) is 0.588. The maximum atomic E-state index is 12.8. The van der Waals surface area contributed by atoms with Gasteiger partial charge in [0.25, 0.3) is 5.91 Å². The number of carbonyl (C=O) groups excluding carboxylic acids is 1. The number of amides is 1. The molecule has 122 valence electrons. The maximum absolute atomic E-state index is 12.8. The first-order chi connectivity index (χ1) is 10.3. The summed E-state index contributed by atoms with van der Waals surface area (Å²) in [5, 5.41) is 10.4. The summed E-state index contributed by atoms with van der Waals surface area (Å²) in [6.45, 7) is 6.64. The van der Waals surface area contributed by atoms with Gasteiger partial charge in [0.2, 0.25) is 0 Å². The van der Waals surface area contributed by atoms with Crippen LogP contribution >= 0.6 is 11.6 Å². The largest absolute Gasteiger partial charge is 0.478 e. The Kier molecular flexibility index (Phi) is 5.35. The van der Waals surface area contributed by atoms with E-state index in [1.807, 2.05) is 0 Å². The molecule has 2 rings (SSSR count). The first kappa shape index (κ1) is 17.1. The van der Waals surface area contributed by atoms with Crippen LogP contribution < -0.4 is 4.74 Å². The van der Waals surface area contributed by atoms with Crippen LogP contribution in [0.1, 0.15) is 33.6 Å². The van der Waals surface area contributed by atoms with Crippen LogP contribution in [0.3, 0.4) is 0 Å². The van der Waals surface area contributed by atoms with Crippen molar-refractivity contribution >= 4 is 17.5 Å². The molecule has 0 aromatic heterocycles. The number of rotatable bonds is 4. The molecule has 1 aromatic carbocycles. The molecule has 1 amide bonds. The quantitative estimate of drug-likeness (QED) is 0.925. The predicted octanol–water partition coefficient (Wildman–Crippen LogP) is 3.12. The highest BCUT2D eigenvalue weighted by Gasteiger charge is 2.37. The van der Waals surface area contributed by atoms with Crippen LogP contribution in [0, 0.1) is 5.92 Å². The van der Waals surface area contributed by atoms with E-state index >= 15 is 0 Å². The molecule has 1 aromatic rings. The van der Waals surface area contributed by atoms with Gasteiger partial charge in [-0.05, 0) is 57.9 Å². The van der Waals surface area contributed by atoms with Gasteiger partial charge in [-0.1, -0.05) is 11.6 Å². The molecular weight excluding hydrogens is 302 g/mol. The molecule has 1 aliphatic rings. The van der Waals surface area contributed by atoms with E-state index in [9.17, 15) is 9.90 Å². The molecule has 2 atom stereocenters. The number of nitrogens with zero attached hydrogens (tertiary/aromatic N) is 1. The Hall–Kier alpha value is -1.26. The van der Waals surface area contributed by atoms with Gasteiger partial charge in [0.15, 0.2) is 5.60 Å². The van der Waals surface area contributed by atoms with Crippen molar-refractivity contribution in [3.8, 4) is 5.75 Å². The second-order valence-corrected chi connectivity index (χ2v) is 6.90. The number of carbonyl (C=O) groups is 1. The van der Waals surface area contributed by atoms with E-state index in [2.05, 4.69) is 0 Å². The molecule has 1 fully saturated rings. The second kappa shape index (κ2) is 6.88. The monoisotopic (exact) mass is 325 g/mol. The van der Waals surface area contributed by atoms with Crippen LogP contribution in [0.15, 0.2) is 24.3 Å². The molecule has 0 saturated carbocycles. The van der Waals surface area contributed by atoms with Gasteiger partial charge in [-0.2, -0.15) is 0 Å². The molecule has 0 aliphatic carbocycles. The Balaban J connectivity index is 2.04. The van der Waals surface area contributed by atoms with Crippen molar-refractivity contribution < 1.29 is 14.6 Å². The van der Waals surface area contributed by atoms with E-state index in [1.54, 1.807) is 49.9 Å². The fourth-order valence-corrected chi connectivity index (χ4v) is 2.94. The average Bonchev–Trinajstić information content (AvgIpc) is 2.48. The first-order valence-electron chi connectivity index (χ1n) is 7.71. The number of ether oxygens (including phenoxy) is 1. The average molecular weight is 326 g/mol. The Bertz CT molecular complexity index is 513. The minimum absolute atomic E-state index is 0.0483. The number of aliphatic hydroxyl groups is 1. The molecule has 4 nitrogen and oxygen atoms in total. The molecule has 2 unspecified atom stereocenters. The standard InChI is InChI=1S/C17H24ClNO3/c1-12(20)13-5-4-10-19(11-13)16(21)17(2,3)22-15-8-6-14(18)7-9-15/h6-9,12-13,20H,4-5,10-11H2,1-3H3. The van der Waals surface area contributed by atoms with Crippen molar-refractivity contribution in [1.82, 2.24) is 4.90 Å². The zero-order chi connectivity index (χ0) is 16.3. The molecule has 22 heavy (non-hydrogen) atoms. The van der Waals surface area contributed by atoms with Crippen molar-refractivity contribution in [3.05, 3.63) is 29.3 Å². The first-order valence-corrected chi connectivity index (χ1v) is 8.09. The molecule has 1 saturated heterocycles. The Morgan fingerprint density at radius 1 is 1.41 bits per heavy atom. The van der Waals surface area contributed by atoms with Crippen LogP contribution in [-0.2, 0) is 4.79 Å². The summed E-state index contributed by atoms with van der Waals surface area (Å²) in [7, 11) is 0. The molecule has 0 bridgehead atoms. The number of hydrogen-bond acceptors (Lipinski definition) is 3. The van der Waals surface area contributed by atoms with Crippen LogP contribution in [-0.4, -0.2) is 40.7 Å². The fourth-order valence-electron chi connectivity index (χ4n) is 2.81. The SMILES string of the molecule is CC(O)C1CCCN(C(=O)C(C)(C)Oc2ccc(Cl)cc2)C1. The van der Waals surface area contributed by atoms with Gasteiger partial charge < -0.3 is 14.7 Å². The van der Waals surface area contributed by atoms with Gasteiger partial charge in [-0.25, -0.2) is 0 Å². The van der Waals surface area contributed by atoms with E-state index < -0.39 is 11.7 Å². The smallest absolute Gasteiger partial charge is 0.266 e. The minimum atomic E-state index is -0.950. The third-order valence-electron chi connectivity index (χ3n) is 4.13. The topological polar surface area (TPSA) is 49.8 Å². The zero-order valence-electron chi connectivity index (χ0n) is 13.4. The van der Waals surface area contributed by atoms with E-state index in [4.69, 9.17) is 16.3 Å². The predicted molar refractivity (Wildman–Crippen MR) is 87.1 cm³/mol. The molecule has 1 N–H and O–H groups in total. The van der Waals surface area contributed by atoms with Crippen molar-refractivity contribution in [3.63, 3.8) is 0 Å². The Labute approximate surface area is 137 Å². The summed E-state index contributed by atoms with van der Waals surface area (Å²) < 4.78 is 5.86. The van der Waals surface area contributed by atoms with Gasteiger partial charge in [-0.15, -0.1) is 0 Å². The molecule has 0 spiro atoms. The molecular formula is C17H24ClNO3. The Morgan fingerprint density at radius 2 is 2.05 bits per heavy atom. The summed E-state index contributed by atoms with van der Waals surface area (Å²) in [6.07, 6.45) is 1.48. The van der Waals surface area contributed by atoms with Crippen molar-refractivity contribution in [1.29, 1.82) is 0 Å². The van der Waals surface area contributed by atoms with Crippen LogP contribution in [0.2, 0.25) is 5.02 Å². The van der Waals surface area contributed by atoms with Crippen LogP contribution in [0.4, 0.5) is 0 Å². The number of likely N-dealkylation sites (tertiary alicyclic amines) is 1. The van der Waals surface area contributed by atoms with E-state index in [-0.39, 0.29) is 11.8 Å². The lowest BCUT2D eigenvalue weighted by atomic mass is 9.92. The molecule has 0 radical (unpaired) electrons. The van der Waals surface area contributed by atoms with Gasteiger partial charge in [0.1, 0.15) is 5.75 Å². The van der Waals surface area contributed by atoms with E-state index in [0.717, 1.165) is 19.4 Å². The third kappa shape index (κ3) is 4.14. The van der Waals surface area contributed by atoms with Gasteiger partial charge in [0.05, 0.1) is 6.10 Å². The summed E-state index contributed by atoms with van der Waals surface area (Å²) in [5.74, 6) is 0.712. The highest BCUT2D eigenvalue weighted by molar-refractivity contribution is 6.30. The lowest BCUT2D eigenvalue weighted by Gasteiger charge is -2.38. The number of halogens is 1. The minimum Gasteiger partial charge on any atom is -0.478 e. The van der Waals surface area contributed by atoms with E-state index in [0.29, 0.717) is 17.3 Å². The van der Waals surface area contributed by atoms with Crippen LogP contribution in [0.25, 0.3) is 0 Å². The summed E-state index contributed by atoms with van der Waals surface area (Å²) in [5.41, 5.74) is -0.950. The highest BCUT2D eigenvalue weighted by Crippen LogP contribution is 2.26. The van der Waals surface area contributed by atoms with Crippen molar-refractivity contribution in [2.24, 2.45) is 5.92 Å². The normalized spacial score (nSPS) is 20.6. The maximum Gasteiger partial charge on any atom is 0.266 e. The van der Waals surface area contributed by atoms with E-state index in [1.165, 1.54) is 0 Å². The lowest BCUT2D eigenvalue weighted by Crippen LogP contribution is -2.53. The zero-order valence-corrected chi connectivity index (χ0v) is 14.1. The summed E-state index contributed by atoms with van der Waals surface area (Å²) in [6, 6.07) is 6.99. The summed E-state index contributed by atoms with van der Waals surface area (Å²) >= 11 is 5.86. The number of hydrogen-bond donors (Lipinski definition) is 1. The summed E-state index contributed by atoms with van der Waals surface area (Å²) in [4.78, 5) is 14.6. The van der Waals surface area contributed by atoms with Crippen molar-refractivity contribution in [2.45, 2.75) is 45.3 Å². The third-order valence-corrected chi connectivity index (χ3v) is 4.38. The molecule has 5 heteroatoms. The number of aliphatic hydroxyl groups excluding tert-OH is 1. The Morgan fingerprint density at radius 3 is 2.64 bits per heavy atom. The lowest BCUT2D eigenvalue weighted by molar-refractivity contribution is -0.148. The second-order valence-electron chi connectivity index (χ2n) is 6.46. The molecule has 1 aliphatic heterocycles. The number of piperidine rings is 1. The molecule has 1 heterocycles. The van der Waals surface area contributed by atoms with Crippen molar-refractivity contribution in [2.75, 3.05) is 13.1 Å². The van der Waals surface area contributed by atoms with Gasteiger partial charge in [-0.3, -0.25) is 4.79 Å². The van der Waals surface area contributed by atoms with Crippen LogP contribution in [0.5, 0.6) is 5.75 Å². The van der Waals surface area contributed by atoms with Gasteiger partial charge >= 0.3 is 0 Å². The number of benzene rings is 1.